The highest BCUT2D eigenvalue weighted by Crippen LogP contribution is 2.19. The van der Waals surface area contributed by atoms with Gasteiger partial charge in [0.1, 0.15) is 11.9 Å². The van der Waals surface area contributed by atoms with Crippen LogP contribution >= 0.6 is 0 Å². The number of benzene rings is 1. The minimum absolute atomic E-state index is 0.0395. The Morgan fingerprint density at radius 3 is 2.68 bits per heavy atom. The number of piperazine rings is 1. The van der Waals surface area contributed by atoms with Gasteiger partial charge in [0, 0.05) is 25.2 Å². The van der Waals surface area contributed by atoms with E-state index >= 15 is 0 Å². The number of hydrogen-bond donors (Lipinski definition) is 0. The molecular formula is C17H23FN2O2. The smallest absolute Gasteiger partial charge is 0.254 e. The maximum atomic E-state index is 13.4. The average Bonchev–Trinajstić information content (AvgIpc) is 2.45. The van der Waals surface area contributed by atoms with Gasteiger partial charge in [-0.25, -0.2) is 4.39 Å². The molecule has 1 heterocycles. The largest absolute Gasteiger partial charge is 0.339 e. The van der Waals surface area contributed by atoms with Crippen LogP contribution in [0, 0.1) is 18.7 Å². The first-order valence-electron chi connectivity index (χ1n) is 7.67. The van der Waals surface area contributed by atoms with E-state index in [1.54, 1.807) is 29.7 Å². The Morgan fingerprint density at radius 2 is 2.05 bits per heavy atom. The molecule has 1 aromatic rings. The number of amides is 2. The molecule has 0 radical (unpaired) electrons. The zero-order chi connectivity index (χ0) is 16.4. The molecule has 1 fully saturated rings. The van der Waals surface area contributed by atoms with Crippen LogP contribution in [0.15, 0.2) is 18.2 Å². The quantitative estimate of drug-likeness (QED) is 0.861. The molecule has 0 N–H and O–H groups in total. The third-order valence-electron chi connectivity index (χ3n) is 4.02. The molecule has 1 unspecified atom stereocenters. The van der Waals surface area contributed by atoms with Gasteiger partial charge in [-0.1, -0.05) is 19.9 Å². The molecule has 1 aliphatic heterocycles. The fourth-order valence-corrected chi connectivity index (χ4v) is 2.81. The fraction of sp³-hybridized carbons (Fsp3) is 0.529. The Kier molecular flexibility index (Phi) is 4.84. The Hall–Kier alpha value is -1.91. The number of nitrogens with zero attached hydrogens (tertiary/aromatic N) is 2. The number of halogens is 1. The van der Waals surface area contributed by atoms with Crippen LogP contribution in [0.3, 0.4) is 0 Å². The molecule has 1 aromatic carbocycles. The molecule has 0 saturated carbocycles. The summed E-state index contributed by atoms with van der Waals surface area (Å²) < 4.78 is 13.4. The van der Waals surface area contributed by atoms with E-state index in [2.05, 4.69) is 13.8 Å². The van der Waals surface area contributed by atoms with E-state index < -0.39 is 11.9 Å². The zero-order valence-electron chi connectivity index (χ0n) is 13.6. The number of rotatable bonds is 3. The van der Waals surface area contributed by atoms with Crippen molar-refractivity contribution in [2.45, 2.75) is 33.7 Å². The summed E-state index contributed by atoms with van der Waals surface area (Å²) in [7, 11) is 0. The molecule has 4 nitrogen and oxygen atoms in total. The molecule has 1 aliphatic rings. The van der Waals surface area contributed by atoms with Crippen molar-refractivity contribution < 1.29 is 14.0 Å². The Labute approximate surface area is 130 Å². The molecule has 0 aromatic heterocycles. The van der Waals surface area contributed by atoms with Gasteiger partial charge in [0.25, 0.3) is 5.91 Å². The van der Waals surface area contributed by atoms with Crippen LogP contribution in [0.5, 0.6) is 0 Å². The number of aryl methyl sites for hydroxylation is 1. The first-order chi connectivity index (χ1) is 10.3. The van der Waals surface area contributed by atoms with Crippen LogP contribution in [0.2, 0.25) is 0 Å². The van der Waals surface area contributed by atoms with Crippen molar-refractivity contribution in [1.29, 1.82) is 0 Å². The number of hydrogen-bond acceptors (Lipinski definition) is 2. The van der Waals surface area contributed by atoms with Crippen LogP contribution in [0.1, 0.15) is 36.7 Å². The minimum Gasteiger partial charge on any atom is -0.339 e. The van der Waals surface area contributed by atoms with Gasteiger partial charge in [0.15, 0.2) is 0 Å². The number of carbonyl (C=O) groups excluding carboxylic acids is 2. The normalized spacial score (nSPS) is 19.0. The molecule has 0 aliphatic carbocycles. The van der Waals surface area contributed by atoms with Crippen LogP contribution in [-0.2, 0) is 4.79 Å². The lowest BCUT2D eigenvalue weighted by atomic mass is 10.0. The maximum absolute atomic E-state index is 13.4. The van der Waals surface area contributed by atoms with Gasteiger partial charge in [-0.3, -0.25) is 9.59 Å². The predicted molar refractivity (Wildman–Crippen MR) is 83.1 cm³/mol. The zero-order valence-corrected chi connectivity index (χ0v) is 13.6. The van der Waals surface area contributed by atoms with Crippen molar-refractivity contribution in [3.8, 4) is 0 Å². The molecule has 0 bridgehead atoms. The fourth-order valence-electron chi connectivity index (χ4n) is 2.81. The second-order valence-electron chi connectivity index (χ2n) is 6.31. The summed E-state index contributed by atoms with van der Waals surface area (Å²) in [5.74, 6) is -0.361. The third-order valence-corrected chi connectivity index (χ3v) is 4.02. The van der Waals surface area contributed by atoms with Crippen LogP contribution < -0.4 is 0 Å². The summed E-state index contributed by atoms with van der Waals surface area (Å²) in [5.41, 5.74) is 1.05. The molecule has 1 saturated heterocycles. The summed E-state index contributed by atoms with van der Waals surface area (Å²) in [6, 6.07) is 3.66. The molecule has 5 heteroatoms. The van der Waals surface area contributed by atoms with Gasteiger partial charge in [-0.15, -0.1) is 0 Å². The highest BCUT2D eigenvalue weighted by atomic mass is 19.1. The first kappa shape index (κ1) is 16.5. The SMILES string of the molecule is Cc1ccc(F)cc1C(=O)N1CCN(CC(C)C)C(=O)C1C. The predicted octanol–water partition coefficient (Wildman–Crippen LogP) is 2.46. The molecule has 2 rings (SSSR count). The summed E-state index contributed by atoms with van der Waals surface area (Å²) in [5, 5.41) is 0. The Balaban J connectivity index is 2.18. The van der Waals surface area contributed by atoms with Crippen molar-refractivity contribution in [3.63, 3.8) is 0 Å². The van der Waals surface area contributed by atoms with Crippen LogP contribution in [0.4, 0.5) is 4.39 Å². The van der Waals surface area contributed by atoms with Crippen LogP contribution in [0.25, 0.3) is 0 Å². The Bertz CT molecular complexity index is 586. The lowest BCUT2D eigenvalue weighted by Crippen LogP contribution is -2.58. The summed E-state index contributed by atoms with van der Waals surface area (Å²) in [6.07, 6.45) is 0. The number of carbonyl (C=O) groups is 2. The molecule has 1 atom stereocenters. The second-order valence-corrected chi connectivity index (χ2v) is 6.31. The van der Waals surface area contributed by atoms with E-state index in [4.69, 9.17) is 0 Å². The molecule has 0 spiro atoms. The maximum Gasteiger partial charge on any atom is 0.254 e. The van der Waals surface area contributed by atoms with Crippen molar-refractivity contribution >= 4 is 11.8 Å². The van der Waals surface area contributed by atoms with Crippen LogP contribution in [-0.4, -0.2) is 47.3 Å². The second kappa shape index (κ2) is 6.46. The first-order valence-corrected chi connectivity index (χ1v) is 7.67. The van der Waals surface area contributed by atoms with E-state index in [0.29, 0.717) is 31.1 Å². The lowest BCUT2D eigenvalue weighted by Gasteiger charge is -2.40. The van der Waals surface area contributed by atoms with Gasteiger partial charge in [0.2, 0.25) is 5.91 Å². The highest BCUT2D eigenvalue weighted by Gasteiger charge is 2.35. The van der Waals surface area contributed by atoms with E-state index in [1.165, 1.54) is 12.1 Å². The lowest BCUT2D eigenvalue weighted by molar-refractivity contribution is -0.140. The van der Waals surface area contributed by atoms with Gasteiger partial charge in [-0.2, -0.15) is 0 Å². The molecule has 22 heavy (non-hydrogen) atoms. The standard InChI is InChI=1S/C17H23FN2O2/c1-11(2)10-19-7-8-20(13(4)16(19)21)17(22)15-9-14(18)6-5-12(15)3/h5-6,9,11,13H,7-8,10H2,1-4H3. The highest BCUT2D eigenvalue weighted by molar-refractivity contribution is 5.99. The molecule has 120 valence electrons. The summed E-state index contributed by atoms with van der Waals surface area (Å²) in [6.45, 7) is 9.34. The van der Waals surface area contributed by atoms with Crippen molar-refractivity contribution in [2.75, 3.05) is 19.6 Å². The van der Waals surface area contributed by atoms with Crippen molar-refractivity contribution in [3.05, 3.63) is 35.1 Å². The van der Waals surface area contributed by atoms with Gasteiger partial charge >= 0.3 is 0 Å². The monoisotopic (exact) mass is 306 g/mol. The summed E-state index contributed by atoms with van der Waals surface area (Å²) >= 11 is 0. The summed E-state index contributed by atoms with van der Waals surface area (Å²) in [4.78, 5) is 28.4. The topological polar surface area (TPSA) is 40.6 Å². The molecular weight excluding hydrogens is 283 g/mol. The van der Waals surface area contributed by atoms with Gasteiger partial charge < -0.3 is 9.80 Å². The van der Waals surface area contributed by atoms with E-state index in [9.17, 15) is 14.0 Å². The average molecular weight is 306 g/mol. The van der Waals surface area contributed by atoms with Crippen molar-refractivity contribution in [2.24, 2.45) is 5.92 Å². The van der Waals surface area contributed by atoms with E-state index in [-0.39, 0.29) is 11.8 Å². The van der Waals surface area contributed by atoms with E-state index in [0.717, 1.165) is 5.56 Å². The van der Waals surface area contributed by atoms with E-state index in [1.807, 2.05) is 0 Å². The third kappa shape index (κ3) is 3.29. The Morgan fingerprint density at radius 1 is 1.36 bits per heavy atom. The van der Waals surface area contributed by atoms with Crippen molar-refractivity contribution in [1.82, 2.24) is 9.80 Å². The minimum atomic E-state index is -0.511. The molecule has 2 amide bonds. The van der Waals surface area contributed by atoms with Gasteiger partial charge in [-0.05, 0) is 37.5 Å². The van der Waals surface area contributed by atoms with Gasteiger partial charge in [0.05, 0.1) is 0 Å².